The van der Waals surface area contributed by atoms with Crippen LogP contribution >= 0.6 is 0 Å². The molecule has 0 aromatic rings. The number of carbonyl (C=O) groups excluding carboxylic acids is 4. The Morgan fingerprint density at radius 3 is 2.24 bits per heavy atom. The largest absolute Gasteiger partial charge is 0.462 e. The Balaban J connectivity index is 2.33. The van der Waals surface area contributed by atoms with E-state index in [9.17, 15) is 19.2 Å². The first-order valence-electron chi connectivity index (χ1n) is 8.39. The average molecular weight is 359 g/mol. The number of hydrogen-bond donors (Lipinski definition) is 0. The summed E-state index contributed by atoms with van der Waals surface area (Å²) in [6, 6.07) is 0. The predicted octanol–water partition coefficient (Wildman–Crippen LogP) is 0.749. The average Bonchev–Trinajstić information content (AvgIpc) is 2.88. The molecule has 0 saturated carbocycles. The normalized spacial score (nSPS) is 15.4. The molecule has 0 aromatic heterocycles. The fourth-order valence-corrected chi connectivity index (χ4v) is 1.93. The lowest BCUT2D eigenvalue weighted by molar-refractivity contribution is -0.199. The lowest BCUT2D eigenvalue weighted by Gasteiger charge is -2.18. The second-order valence-electron chi connectivity index (χ2n) is 5.47. The lowest BCUT2D eigenvalue weighted by Crippen LogP contribution is -2.33. The van der Waals surface area contributed by atoms with E-state index in [0.29, 0.717) is 18.3 Å². The molecule has 0 aromatic carbocycles. The lowest BCUT2D eigenvalue weighted by atomic mass is 10.4. The van der Waals surface area contributed by atoms with E-state index in [2.05, 4.69) is 4.84 Å². The van der Waals surface area contributed by atoms with Crippen LogP contribution in [0.15, 0.2) is 0 Å². The topological polar surface area (TPSA) is 108 Å². The van der Waals surface area contributed by atoms with Crippen molar-refractivity contribution in [3.63, 3.8) is 0 Å². The molecule has 0 bridgehead atoms. The van der Waals surface area contributed by atoms with Crippen molar-refractivity contribution in [1.82, 2.24) is 5.06 Å². The number of esters is 1. The van der Waals surface area contributed by atoms with Gasteiger partial charge in [0.1, 0.15) is 19.1 Å². The van der Waals surface area contributed by atoms with E-state index in [1.807, 2.05) is 13.8 Å². The zero-order chi connectivity index (χ0) is 18.7. The number of nitrogens with zero attached hydrogens (tertiary/aromatic N) is 1. The molecule has 0 aliphatic carbocycles. The molecule has 0 spiro atoms. The van der Waals surface area contributed by atoms with E-state index in [0.717, 1.165) is 12.8 Å². The van der Waals surface area contributed by atoms with Gasteiger partial charge in [-0.2, -0.15) is 0 Å². The van der Waals surface area contributed by atoms with Crippen LogP contribution in [0.25, 0.3) is 0 Å². The maximum absolute atomic E-state index is 11.7. The smallest absolute Gasteiger partial charge is 0.344 e. The molecule has 25 heavy (non-hydrogen) atoms. The van der Waals surface area contributed by atoms with Gasteiger partial charge in [-0.3, -0.25) is 14.4 Å². The van der Waals surface area contributed by atoms with Crippen molar-refractivity contribution in [1.29, 1.82) is 0 Å². The summed E-state index contributed by atoms with van der Waals surface area (Å²) in [7, 11) is 0. The summed E-state index contributed by atoms with van der Waals surface area (Å²) in [6.45, 7) is 5.22. The molecule has 1 atom stereocenters. The first kappa shape index (κ1) is 21.0. The van der Waals surface area contributed by atoms with Gasteiger partial charge >= 0.3 is 11.9 Å². The molecule has 0 radical (unpaired) electrons. The van der Waals surface area contributed by atoms with Crippen LogP contribution in [0.2, 0.25) is 0 Å². The van der Waals surface area contributed by atoms with Crippen molar-refractivity contribution in [3.8, 4) is 0 Å². The minimum atomic E-state index is -1.03. The monoisotopic (exact) mass is 359 g/mol. The molecule has 142 valence electrons. The number of imide groups is 1. The number of rotatable bonds is 12. The highest BCUT2D eigenvalue weighted by atomic mass is 16.7. The predicted molar refractivity (Wildman–Crippen MR) is 83.9 cm³/mol. The van der Waals surface area contributed by atoms with Gasteiger partial charge < -0.3 is 19.0 Å². The Morgan fingerprint density at radius 1 is 1.00 bits per heavy atom. The van der Waals surface area contributed by atoms with Crippen molar-refractivity contribution in [3.05, 3.63) is 0 Å². The molecule has 1 saturated heterocycles. The fourth-order valence-electron chi connectivity index (χ4n) is 1.93. The van der Waals surface area contributed by atoms with E-state index in [-0.39, 0.29) is 26.1 Å². The Bertz CT molecular complexity index is 463. The van der Waals surface area contributed by atoms with Crippen LogP contribution in [0.5, 0.6) is 0 Å². The number of carbonyl (C=O) groups is 4. The summed E-state index contributed by atoms with van der Waals surface area (Å²) in [6.07, 6.45) is 0.527. The quantitative estimate of drug-likeness (QED) is 0.217. The van der Waals surface area contributed by atoms with Crippen molar-refractivity contribution in [2.75, 3.05) is 26.4 Å². The van der Waals surface area contributed by atoms with E-state index < -0.39 is 36.3 Å². The van der Waals surface area contributed by atoms with Crippen LogP contribution in [-0.2, 0) is 38.2 Å². The number of hydrogen-bond acceptors (Lipinski definition) is 8. The summed E-state index contributed by atoms with van der Waals surface area (Å²) in [4.78, 5) is 50.5. The molecule has 9 nitrogen and oxygen atoms in total. The minimum absolute atomic E-state index is 0.00916. The molecule has 1 unspecified atom stereocenters. The highest BCUT2D eigenvalue weighted by Gasteiger charge is 2.33. The van der Waals surface area contributed by atoms with E-state index in [1.54, 1.807) is 0 Å². The summed E-state index contributed by atoms with van der Waals surface area (Å²) < 4.78 is 15.9. The Morgan fingerprint density at radius 2 is 1.64 bits per heavy atom. The van der Waals surface area contributed by atoms with Gasteiger partial charge in [0.25, 0.3) is 11.8 Å². The molecule has 9 heteroatoms. The Hall–Kier alpha value is -2.00. The SMILES string of the molecule is CCCOCC(COC(=O)CC(=O)ON1C(=O)CCC1=O)OCCC. The van der Waals surface area contributed by atoms with Crippen LogP contribution in [-0.4, -0.2) is 61.3 Å². The highest BCUT2D eigenvalue weighted by molar-refractivity contribution is 6.02. The van der Waals surface area contributed by atoms with Crippen molar-refractivity contribution >= 4 is 23.8 Å². The van der Waals surface area contributed by atoms with Gasteiger partial charge in [0.05, 0.1) is 6.61 Å². The van der Waals surface area contributed by atoms with Gasteiger partial charge in [-0.25, -0.2) is 4.79 Å². The van der Waals surface area contributed by atoms with Gasteiger partial charge in [-0.05, 0) is 12.8 Å². The molecular formula is C16H25NO8. The van der Waals surface area contributed by atoms with Crippen LogP contribution in [0.4, 0.5) is 0 Å². The number of hydroxylamine groups is 2. The van der Waals surface area contributed by atoms with Crippen LogP contribution in [0.1, 0.15) is 46.0 Å². The van der Waals surface area contributed by atoms with Gasteiger partial charge in [-0.1, -0.05) is 13.8 Å². The zero-order valence-electron chi connectivity index (χ0n) is 14.7. The maximum atomic E-state index is 11.7. The van der Waals surface area contributed by atoms with Gasteiger partial charge in [-0.15, -0.1) is 5.06 Å². The van der Waals surface area contributed by atoms with Crippen molar-refractivity contribution in [2.24, 2.45) is 0 Å². The number of ether oxygens (including phenoxy) is 3. The van der Waals surface area contributed by atoms with Gasteiger partial charge in [0.2, 0.25) is 0 Å². The van der Waals surface area contributed by atoms with Crippen molar-refractivity contribution in [2.45, 2.75) is 52.1 Å². The third-order valence-corrected chi connectivity index (χ3v) is 3.13. The van der Waals surface area contributed by atoms with Crippen LogP contribution in [0.3, 0.4) is 0 Å². The summed E-state index contributed by atoms with van der Waals surface area (Å²) >= 11 is 0. The number of amides is 2. The molecule has 2 amide bonds. The highest BCUT2D eigenvalue weighted by Crippen LogP contribution is 2.12. The zero-order valence-corrected chi connectivity index (χ0v) is 14.7. The van der Waals surface area contributed by atoms with E-state index in [1.165, 1.54) is 0 Å². The van der Waals surface area contributed by atoms with Gasteiger partial charge in [0, 0.05) is 26.1 Å². The van der Waals surface area contributed by atoms with Gasteiger partial charge in [0.15, 0.2) is 0 Å². The Labute approximate surface area is 146 Å². The van der Waals surface area contributed by atoms with Crippen molar-refractivity contribution < 1.29 is 38.2 Å². The summed E-state index contributed by atoms with van der Waals surface area (Å²) in [5.41, 5.74) is 0. The second kappa shape index (κ2) is 11.5. The molecular weight excluding hydrogens is 334 g/mol. The molecule has 1 aliphatic heterocycles. The fraction of sp³-hybridized carbons (Fsp3) is 0.750. The maximum Gasteiger partial charge on any atom is 0.344 e. The minimum Gasteiger partial charge on any atom is -0.462 e. The summed E-state index contributed by atoms with van der Waals surface area (Å²) in [5, 5.41) is 0.390. The molecule has 1 aliphatic rings. The Kier molecular flexibility index (Phi) is 9.71. The van der Waals surface area contributed by atoms with E-state index >= 15 is 0 Å². The van der Waals surface area contributed by atoms with Crippen LogP contribution in [0, 0.1) is 0 Å². The first-order valence-corrected chi connectivity index (χ1v) is 8.39. The standard InChI is InChI=1S/C16H25NO8/c1-3-7-22-10-12(23-8-4-2)11-24-15(20)9-16(21)25-17-13(18)5-6-14(17)19/h12H,3-11H2,1-2H3. The molecule has 1 heterocycles. The summed E-state index contributed by atoms with van der Waals surface area (Å²) in [5.74, 6) is -3.06. The molecule has 1 rings (SSSR count). The molecule has 0 N–H and O–H groups in total. The first-order chi connectivity index (χ1) is 12.0. The third-order valence-electron chi connectivity index (χ3n) is 3.13. The second-order valence-corrected chi connectivity index (χ2v) is 5.47. The van der Waals surface area contributed by atoms with E-state index in [4.69, 9.17) is 14.2 Å². The molecule has 1 fully saturated rings. The third kappa shape index (κ3) is 8.08. The van der Waals surface area contributed by atoms with Crippen LogP contribution < -0.4 is 0 Å².